The predicted molar refractivity (Wildman–Crippen MR) is 66.4 cm³/mol. The van der Waals surface area contributed by atoms with E-state index in [4.69, 9.17) is 0 Å². The lowest BCUT2D eigenvalue weighted by atomic mass is 9.95. The monoisotopic (exact) mass is 230 g/mol. The van der Waals surface area contributed by atoms with Gasteiger partial charge in [-0.25, -0.2) is 4.39 Å². The molecule has 0 aliphatic heterocycles. The fourth-order valence-corrected chi connectivity index (χ4v) is 1.92. The average molecular weight is 230 g/mol. The molecule has 0 saturated carbocycles. The number of halogens is 1. The van der Waals surface area contributed by atoms with Crippen molar-refractivity contribution in [3.05, 3.63) is 70.5 Å². The van der Waals surface area contributed by atoms with E-state index in [1.807, 2.05) is 32.0 Å². The molecule has 1 nitrogen and oxygen atoms in total. The Morgan fingerprint density at radius 3 is 2.41 bits per heavy atom. The first-order valence-electron chi connectivity index (χ1n) is 5.59. The minimum atomic E-state index is -0.906. The maximum atomic E-state index is 13.6. The molecule has 2 aromatic carbocycles. The summed E-state index contributed by atoms with van der Waals surface area (Å²) in [5.74, 6) is -0.374. The lowest BCUT2D eigenvalue weighted by molar-refractivity contribution is 0.214. The van der Waals surface area contributed by atoms with E-state index in [0.29, 0.717) is 5.56 Å². The van der Waals surface area contributed by atoms with Gasteiger partial charge >= 0.3 is 0 Å². The molecule has 0 amide bonds. The molecule has 0 heterocycles. The molecule has 17 heavy (non-hydrogen) atoms. The van der Waals surface area contributed by atoms with Gasteiger partial charge in [-0.3, -0.25) is 0 Å². The van der Waals surface area contributed by atoms with Crippen LogP contribution in [0.5, 0.6) is 0 Å². The van der Waals surface area contributed by atoms with Gasteiger partial charge in [0.2, 0.25) is 0 Å². The van der Waals surface area contributed by atoms with Crippen molar-refractivity contribution in [2.45, 2.75) is 20.0 Å². The summed E-state index contributed by atoms with van der Waals surface area (Å²) in [5, 5.41) is 10.2. The Kier molecular flexibility index (Phi) is 3.25. The molecule has 1 N–H and O–H groups in total. The topological polar surface area (TPSA) is 20.2 Å². The molecule has 0 radical (unpaired) electrons. The Morgan fingerprint density at radius 1 is 1.00 bits per heavy atom. The molecule has 0 aromatic heterocycles. The standard InChI is InChI=1S/C15H15FO/c1-10-7-8-11(2)13(9-10)15(17)12-5-3-4-6-14(12)16/h3-9,15,17H,1-2H3/t15-/m1/s1. The van der Waals surface area contributed by atoms with Crippen LogP contribution in [0.4, 0.5) is 4.39 Å². The largest absolute Gasteiger partial charge is 0.384 e. The van der Waals surface area contributed by atoms with Gasteiger partial charge in [0, 0.05) is 5.56 Å². The van der Waals surface area contributed by atoms with E-state index < -0.39 is 6.10 Å². The van der Waals surface area contributed by atoms with Crippen molar-refractivity contribution < 1.29 is 9.50 Å². The summed E-state index contributed by atoms with van der Waals surface area (Å²) < 4.78 is 13.6. The first-order valence-corrected chi connectivity index (χ1v) is 5.59. The van der Waals surface area contributed by atoms with Crippen LogP contribution in [0.2, 0.25) is 0 Å². The van der Waals surface area contributed by atoms with Crippen molar-refractivity contribution in [3.63, 3.8) is 0 Å². The molecular weight excluding hydrogens is 215 g/mol. The van der Waals surface area contributed by atoms with Crippen LogP contribution >= 0.6 is 0 Å². The third kappa shape index (κ3) is 2.37. The van der Waals surface area contributed by atoms with Crippen molar-refractivity contribution in [2.24, 2.45) is 0 Å². The van der Waals surface area contributed by atoms with Crippen molar-refractivity contribution in [1.82, 2.24) is 0 Å². The molecule has 2 heteroatoms. The molecule has 1 atom stereocenters. The lowest BCUT2D eigenvalue weighted by Gasteiger charge is -2.15. The van der Waals surface area contributed by atoms with Crippen molar-refractivity contribution in [2.75, 3.05) is 0 Å². The number of hydrogen-bond donors (Lipinski definition) is 1. The molecule has 0 saturated heterocycles. The predicted octanol–water partition coefficient (Wildman–Crippen LogP) is 3.52. The fourth-order valence-electron chi connectivity index (χ4n) is 1.92. The fraction of sp³-hybridized carbons (Fsp3) is 0.200. The van der Waals surface area contributed by atoms with Gasteiger partial charge in [-0.1, -0.05) is 42.0 Å². The highest BCUT2D eigenvalue weighted by atomic mass is 19.1. The highest BCUT2D eigenvalue weighted by Gasteiger charge is 2.16. The molecular formula is C15H15FO. The zero-order chi connectivity index (χ0) is 12.4. The second-order valence-corrected chi connectivity index (χ2v) is 4.28. The summed E-state index contributed by atoms with van der Waals surface area (Å²) >= 11 is 0. The van der Waals surface area contributed by atoms with Crippen LogP contribution in [-0.4, -0.2) is 5.11 Å². The molecule has 0 bridgehead atoms. The van der Waals surface area contributed by atoms with E-state index in [9.17, 15) is 9.50 Å². The van der Waals surface area contributed by atoms with Gasteiger partial charge in [0.15, 0.2) is 0 Å². The minimum absolute atomic E-state index is 0.321. The highest BCUT2D eigenvalue weighted by molar-refractivity contribution is 5.38. The van der Waals surface area contributed by atoms with E-state index in [2.05, 4.69) is 0 Å². The molecule has 0 fully saturated rings. The smallest absolute Gasteiger partial charge is 0.129 e. The number of aliphatic hydroxyl groups is 1. The maximum Gasteiger partial charge on any atom is 0.129 e. The van der Waals surface area contributed by atoms with Crippen molar-refractivity contribution in [3.8, 4) is 0 Å². The molecule has 2 rings (SSSR count). The van der Waals surface area contributed by atoms with Crippen LogP contribution in [-0.2, 0) is 0 Å². The number of aliphatic hydroxyl groups excluding tert-OH is 1. The van der Waals surface area contributed by atoms with Gasteiger partial charge < -0.3 is 5.11 Å². The summed E-state index contributed by atoms with van der Waals surface area (Å²) in [5.41, 5.74) is 3.10. The molecule has 0 unspecified atom stereocenters. The van der Waals surface area contributed by atoms with E-state index in [-0.39, 0.29) is 5.82 Å². The summed E-state index contributed by atoms with van der Waals surface area (Å²) in [4.78, 5) is 0. The van der Waals surface area contributed by atoms with Gasteiger partial charge in [0.25, 0.3) is 0 Å². The van der Waals surface area contributed by atoms with E-state index in [1.54, 1.807) is 18.2 Å². The Morgan fingerprint density at radius 2 is 1.71 bits per heavy atom. The first kappa shape index (κ1) is 11.8. The minimum Gasteiger partial charge on any atom is -0.384 e. The van der Waals surface area contributed by atoms with E-state index in [1.165, 1.54) is 6.07 Å². The van der Waals surface area contributed by atoms with Crippen LogP contribution in [0.25, 0.3) is 0 Å². The first-order chi connectivity index (χ1) is 8.09. The second-order valence-electron chi connectivity index (χ2n) is 4.28. The quantitative estimate of drug-likeness (QED) is 0.836. The zero-order valence-electron chi connectivity index (χ0n) is 9.94. The Labute approximate surface area is 101 Å². The summed E-state index contributed by atoms with van der Waals surface area (Å²) in [7, 11) is 0. The van der Waals surface area contributed by atoms with Gasteiger partial charge in [-0.2, -0.15) is 0 Å². The molecule has 0 aliphatic carbocycles. The Hall–Kier alpha value is -1.67. The van der Waals surface area contributed by atoms with Crippen molar-refractivity contribution >= 4 is 0 Å². The number of rotatable bonds is 2. The number of aryl methyl sites for hydroxylation is 2. The van der Waals surface area contributed by atoms with Crippen LogP contribution in [0, 0.1) is 19.7 Å². The number of hydrogen-bond acceptors (Lipinski definition) is 1. The van der Waals surface area contributed by atoms with Gasteiger partial charge in [-0.15, -0.1) is 0 Å². The maximum absolute atomic E-state index is 13.6. The normalized spacial score (nSPS) is 12.5. The zero-order valence-corrected chi connectivity index (χ0v) is 9.94. The number of benzene rings is 2. The molecule has 0 spiro atoms. The van der Waals surface area contributed by atoms with Gasteiger partial charge in [0.1, 0.15) is 11.9 Å². The van der Waals surface area contributed by atoms with E-state index >= 15 is 0 Å². The van der Waals surface area contributed by atoms with Crippen LogP contribution in [0.1, 0.15) is 28.4 Å². The summed E-state index contributed by atoms with van der Waals surface area (Å²) in [6.07, 6.45) is -0.906. The summed E-state index contributed by atoms with van der Waals surface area (Å²) in [6.45, 7) is 3.87. The Bertz CT molecular complexity index is 534. The summed E-state index contributed by atoms with van der Waals surface area (Å²) in [6, 6.07) is 12.1. The van der Waals surface area contributed by atoms with Crippen LogP contribution in [0.15, 0.2) is 42.5 Å². The third-order valence-corrected chi connectivity index (χ3v) is 2.93. The molecule has 0 aliphatic rings. The Balaban J connectivity index is 2.47. The highest BCUT2D eigenvalue weighted by Crippen LogP contribution is 2.27. The van der Waals surface area contributed by atoms with Gasteiger partial charge in [-0.05, 0) is 31.0 Å². The molecule has 2 aromatic rings. The average Bonchev–Trinajstić information content (AvgIpc) is 2.32. The SMILES string of the molecule is Cc1ccc(C)c([C@H](O)c2ccccc2F)c1. The third-order valence-electron chi connectivity index (χ3n) is 2.93. The van der Waals surface area contributed by atoms with Crippen LogP contribution < -0.4 is 0 Å². The molecule has 88 valence electrons. The van der Waals surface area contributed by atoms with Crippen LogP contribution in [0.3, 0.4) is 0 Å². The lowest BCUT2D eigenvalue weighted by Crippen LogP contribution is -2.04. The second kappa shape index (κ2) is 4.68. The van der Waals surface area contributed by atoms with Crippen molar-refractivity contribution in [1.29, 1.82) is 0 Å². The van der Waals surface area contributed by atoms with E-state index in [0.717, 1.165) is 16.7 Å². The van der Waals surface area contributed by atoms with Gasteiger partial charge in [0.05, 0.1) is 0 Å².